The minimum absolute atomic E-state index is 0.0342. The fourth-order valence-corrected chi connectivity index (χ4v) is 2.46. The van der Waals surface area contributed by atoms with Gasteiger partial charge in [-0.1, -0.05) is 13.2 Å². The average molecular weight is 268 g/mol. The molecule has 0 radical (unpaired) electrons. The quantitative estimate of drug-likeness (QED) is 0.453. The van der Waals surface area contributed by atoms with E-state index in [0.29, 0.717) is 32.9 Å². The molecule has 2 aromatic heterocycles. The smallest absolute Gasteiger partial charge is 0.135 e. The lowest BCUT2D eigenvalue weighted by Gasteiger charge is -2.12. The van der Waals surface area contributed by atoms with Crippen LogP contribution in [-0.4, -0.2) is 30.6 Å². The molecule has 0 fully saturated rings. The molecule has 0 saturated heterocycles. The third-order valence-electron chi connectivity index (χ3n) is 3.39. The van der Waals surface area contributed by atoms with Crippen molar-refractivity contribution in [3.63, 3.8) is 0 Å². The number of fused-ring (bicyclic) bond motifs is 2. The lowest BCUT2D eigenvalue weighted by atomic mass is 10.0. The second-order valence-corrected chi connectivity index (χ2v) is 4.66. The number of hydrogen-bond acceptors (Lipinski definition) is 6. The summed E-state index contributed by atoms with van der Waals surface area (Å²) < 4.78 is 0. The van der Waals surface area contributed by atoms with Crippen molar-refractivity contribution in [1.82, 2.24) is 20.4 Å². The number of aromatic nitrogens is 4. The van der Waals surface area contributed by atoms with Gasteiger partial charge in [-0.2, -0.15) is 20.4 Å². The molecule has 0 aliphatic carbocycles. The Labute approximate surface area is 113 Å². The molecular formula is C14H12N4O2. The van der Waals surface area contributed by atoms with Crippen LogP contribution >= 0.6 is 0 Å². The van der Waals surface area contributed by atoms with Gasteiger partial charge in [-0.05, 0) is 13.8 Å². The predicted molar refractivity (Wildman–Crippen MR) is 75.7 cm³/mol. The Morgan fingerprint density at radius 3 is 1.35 bits per heavy atom. The summed E-state index contributed by atoms with van der Waals surface area (Å²) in [5, 5.41) is 38.8. The van der Waals surface area contributed by atoms with Crippen molar-refractivity contribution in [2.24, 2.45) is 0 Å². The summed E-state index contributed by atoms with van der Waals surface area (Å²) in [7, 11) is 0. The van der Waals surface area contributed by atoms with Gasteiger partial charge in [-0.3, -0.25) is 0 Å². The van der Waals surface area contributed by atoms with Crippen LogP contribution in [0.15, 0.2) is 0 Å². The van der Waals surface area contributed by atoms with Crippen LogP contribution in [0, 0.1) is 13.8 Å². The van der Waals surface area contributed by atoms with Crippen molar-refractivity contribution in [2.75, 3.05) is 0 Å². The van der Waals surface area contributed by atoms with Crippen LogP contribution in [-0.2, 0) is 0 Å². The SMILES string of the molecule is C=c1nnc(=C)c2c(O)c3c(C)nnc(C)c3c(O)c12. The first kappa shape index (κ1) is 12.3. The number of benzene rings is 1. The minimum atomic E-state index is -0.0342. The highest BCUT2D eigenvalue weighted by Crippen LogP contribution is 2.40. The van der Waals surface area contributed by atoms with Crippen LogP contribution in [0.25, 0.3) is 34.7 Å². The molecule has 2 N–H and O–H groups in total. The highest BCUT2D eigenvalue weighted by atomic mass is 16.3. The van der Waals surface area contributed by atoms with Crippen molar-refractivity contribution >= 4 is 34.7 Å². The second-order valence-electron chi connectivity index (χ2n) is 4.66. The maximum Gasteiger partial charge on any atom is 0.135 e. The van der Waals surface area contributed by atoms with Crippen LogP contribution in [0.5, 0.6) is 11.5 Å². The molecule has 0 spiro atoms. The molecular weight excluding hydrogens is 256 g/mol. The maximum atomic E-state index is 10.5. The Balaban J connectivity index is 2.85. The van der Waals surface area contributed by atoms with Gasteiger partial charge in [0.1, 0.15) is 11.5 Å². The van der Waals surface area contributed by atoms with Gasteiger partial charge in [0.15, 0.2) is 0 Å². The molecule has 0 unspecified atom stereocenters. The average Bonchev–Trinajstić information content (AvgIpc) is 2.41. The van der Waals surface area contributed by atoms with Crippen molar-refractivity contribution in [2.45, 2.75) is 13.8 Å². The first-order valence-corrected chi connectivity index (χ1v) is 5.95. The highest BCUT2D eigenvalue weighted by Gasteiger charge is 2.19. The first-order chi connectivity index (χ1) is 9.43. The number of phenolic OH excluding ortho intramolecular Hbond substituents is 2. The lowest BCUT2D eigenvalue weighted by molar-refractivity contribution is 0.476. The summed E-state index contributed by atoms with van der Waals surface area (Å²) in [5.74, 6) is -0.0683. The fraction of sp³-hybridized carbons (Fsp3) is 0.143. The van der Waals surface area contributed by atoms with Crippen LogP contribution < -0.4 is 10.7 Å². The van der Waals surface area contributed by atoms with Crippen molar-refractivity contribution in [1.29, 1.82) is 0 Å². The van der Waals surface area contributed by atoms with Gasteiger partial charge in [0.2, 0.25) is 0 Å². The van der Waals surface area contributed by atoms with Crippen molar-refractivity contribution < 1.29 is 10.2 Å². The number of aromatic hydroxyl groups is 2. The number of hydrogen-bond donors (Lipinski definition) is 2. The van der Waals surface area contributed by atoms with E-state index in [9.17, 15) is 10.2 Å². The molecule has 3 rings (SSSR count). The summed E-state index contributed by atoms with van der Waals surface area (Å²) in [6.45, 7) is 10.9. The molecule has 0 atom stereocenters. The number of nitrogens with zero attached hydrogens (tertiary/aromatic N) is 4. The van der Waals surface area contributed by atoms with Gasteiger partial charge < -0.3 is 10.2 Å². The molecule has 20 heavy (non-hydrogen) atoms. The molecule has 0 aliphatic rings. The van der Waals surface area contributed by atoms with Crippen LogP contribution in [0.2, 0.25) is 0 Å². The molecule has 2 heterocycles. The Kier molecular flexibility index (Phi) is 2.37. The summed E-state index contributed by atoms with van der Waals surface area (Å²) >= 11 is 0. The van der Waals surface area contributed by atoms with Gasteiger partial charge >= 0.3 is 0 Å². The van der Waals surface area contributed by atoms with Crippen LogP contribution in [0.3, 0.4) is 0 Å². The molecule has 0 bridgehead atoms. The molecule has 100 valence electrons. The summed E-state index contributed by atoms with van der Waals surface area (Å²) in [4.78, 5) is 0. The van der Waals surface area contributed by atoms with Crippen molar-refractivity contribution in [3.8, 4) is 11.5 Å². The van der Waals surface area contributed by atoms with Gasteiger partial charge in [0.05, 0.1) is 43.6 Å². The molecule has 0 aliphatic heterocycles. The Bertz CT molecular complexity index is 903. The van der Waals surface area contributed by atoms with E-state index in [1.54, 1.807) is 13.8 Å². The maximum absolute atomic E-state index is 10.5. The summed E-state index contributed by atoms with van der Waals surface area (Å²) in [6, 6.07) is 0. The normalized spacial score (nSPS) is 11.3. The van der Waals surface area contributed by atoms with E-state index in [0.717, 1.165) is 0 Å². The summed E-state index contributed by atoms with van der Waals surface area (Å²) in [6.07, 6.45) is 0. The lowest BCUT2D eigenvalue weighted by Crippen LogP contribution is -2.19. The zero-order valence-corrected chi connectivity index (χ0v) is 11.1. The second kappa shape index (κ2) is 3.86. The number of rotatable bonds is 0. The third kappa shape index (κ3) is 1.38. The standard InChI is InChI=1S/C14H12N4O2/c1-5-9-10(6(2)16-15-5)14(20)12-8(4)18-17-7(3)11(12)13(9)19/h19-20H,1-2H2,3-4H3. The Morgan fingerprint density at radius 1 is 0.650 bits per heavy atom. The van der Waals surface area contributed by atoms with E-state index >= 15 is 0 Å². The summed E-state index contributed by atoms with van der Waals surface area (Å²) in [5.41, 5.74) is 1.03. The van der Waals surface area contributed by atoms with Gasteiger partial charge in [0, 0.05) is 0 Å². The Morgan fingerprint density at radius 2 is 1.00 bits per heavy atom. The van der Waals surface area contributed by atoms with Crippen molar-refractivity contribution in [3.05, 3.63) is 22.1 Å². The minimum Gasteiger partial charge on any atom is -0.506 e. The van der Waals surface area contributed by atoms with E-state index < -0.39 is 0 Å². The number of phenols is 2. The van der Waals surface area contributed by atoms with Gasteiger partial charge in [0.25, 0.3) is 0 Å². The topological polar surface area (TPSA) is 92.0 Å². The van der Waals surface area contributed by atoms with E-state index in [-0.39, 0.29) is 22.2 Å². The monoisotopic (exact) mass is 268 g/mol. The van der Waals surface area contributed by atoms with E-state index in [1.807, 2.05) is 0 Å². The molecule has 1 aromatic carbocycles. The van der Waals surface area contributed by atoms with E-state index in [1.165, 1.54) is 0 Å². The molecule has 6 heteroatoms. The largest absolute Gasteiger partial charge is 0.506 e. The molecule has 0 saturated carbocycles. The first-order valence-electron chi connectivity index (χ1n) is 5.95. The Hall–Kier alpha value is -2.76. The molecule has 6 nitrogen and oxygen atoms in total. The van der Waals surface area contributed by atoms with Crippen LogP contribution in [0.1, 0.15) is 11.4 Å². The third-order valence-corrected chi connectivity index (χ3v) is 3.39. The molecule has 3 aromatic rings. The van der Waals surface area contributed by atoms with E-state index in [4.69, 9.17) is 0 Å². The predicted octanol–water partition coefficient (Wildman–Crippen LogP) is 0.422. The fourth-order valence-electron chi connectivity index (χ4n) is 2.46. The molecule has 0 amide bonds. The number of aryl methyl sites for hydroxylation is 2. The zero-order chi connectivity index (χ0) is 14.6. The highest BCUT2D eigenvalue weighted by molar-refractivity contribution is 6.11. The van der Waals surface area contributed by atoms with Gasteiger partial charge in [-0.15, -0.1) is 0 Å². The zero-order valence-electron chi connectivity index (χ0n) is 11.1. The van der Waals surface area contributed by atoms with E-state index in [2.05, 4.69) is 33.6 Å². The van der Waals surface area contributed by atoms with Gasteiger partial charge in [-0.25, -0.2) is 0 Å². The van der Waals surface area contributed by atoms with Crippen LogP contribution in [0.4, 0.5) is 0 Å².